The minimum atomic E-state index is -0.506. The molecule has 114 valence electrons. The molecule has 2 N–H and O–H groups in total. The maximum absolute atomic E-state index is 12.2. The van der Waals surface area contributed by atoms with Gasteiger partial charge in [-0.15, -0.1) is 12.3 Å². The van der Waals surface area contributed by atoms with Crippen molar-refractivity contribution in [2.45, 2.75) is 57.7 Å². The number of hydrogen-bond donors (Lipinski definition) is 1. The van der Waals surface area contributed by atoms with Crippen LogP contribution in [0.15, 0.2) is 0 Å². The minimum absolute atomic E-state index is 0.142. The molecule has 0 aromatic carbocycles. The monoisotopic (exact) mass is 282 g/mol. The Kier molecular flexibility index (Phi) is 6.31. The van der Waals surface area contributed by atoms with Crippen LogP contribution in [0.3, 0.4) is 0 Å². The van der Waals surface area contributed by atoms with E-state index in [1.54, 1.807) is 4.90 Å². The predicted octanol–water partition coefficient (Wildman–Crippen LogP) is 1.75. The molecule has 1 aliphatic heterocycles. The van der Waals surface area contributed by atoms with Gasteiger partial charge in [0.15, 0.2) is 0 Å². The molecule has 5 heteroatoms. The zero-order chi connectivity index (χ0) is 15.2. The number of unbranched alkanes of at least 4 members (excludes halogenated alkanes) is 1. The number of terminal acetylenes is 1. The fourth-order valence-corrected chi connectivity index (χ4v) is 2.16. The Morgan fingerprint density at radius 1 is 1.60 bits per heavy atom. The van der Waals surface area contributed by atoms with Crippen molar-refractivity contribution < 1.29 is 14.3 Å². The van der Waals surface area contributed by atoms with Crippen LogP contribution in [-0.4, -0.2) is 48.4 Å². The zero-order valence-electron chi connectivity index (χ0n) is 12.7. The summed E-state index contributed by atoms with van der Waals surface area (Å²) in [5.74, 6) is 2.60. The summed E-state index contributed by atoms with van der Waals surface area (Å²) < 4.78 is 10.9. The summed E-state index contributed by atoms with van der Waals surface area (Å²) in [7, 11) is 0. The summed E-state index contributed by atoms with van der Waals surface area (Å²) in [6.45, 7) is 7.05. The number of carbonyl (C=O) groups is 1. The number of carbonyl (C=O) groups excluding carboxylic acids is 1. The van der Waals surface area contributed by atoms with E-state index in [1.807, 2.05) is 20.8 Å². The fraction of sp³-hybridized carbons (Fsp3) is 0.800. The first-order valence-corrected chi connectivity index (χ1v) is 7.11. The van der Waals surface area contributed by atoms with E-state index in [0.29, 0.717) is 26.2 Å². The van der Waals surface area contributed by atoms with E-state index in [0.717, 1.165) is 12.8 Å². The number of amides is 1. The highest BCUT2D eigenvalue weighted by Gasteiger charge is 2.34. The summed E-state index contributed by atoms with van der Waals surface area (Å²) in [6.07, 6.45) is 7.25. The van der Waals surface area contributed by atoms with Crippen molar-refractivity contribution in [1.29, 1.82) is 0 Å². The Morgan fingerprint density at radius 3 is 2.90 bits per heavy atom. The molecule has 1 rings (SSSR count). The first-order chi connectivity index (χ1) is 9.35. The average molecular weight is 282 g/mol. The van der Waals surface area contributed by atoms with Gasteiger partial charge in [-0.1, -0.05) is 0 Å². The second-order valence-corrected chi connectivity index (χ2v) is 6.08. The molecule has 1 saturated heterocycles. The number of morpholine rings is 1. The number of nitrogens with two attached hydrogens (primary N) is 1. The molecule has 0 bridgehead atoms. The molecule has 20 heavy (non-hydrogen) atoms. The normalized spacial score (nSPS) is 21.1. The van der Waals surface area contributed by atoms with Gasteiger partial charge in [-0.3, -0.25) is 4.90 Å². The van der Waals surface area contributed by atoms with E-state index in [1.165, 1.54) is 0 Å². The highest BCUT2D eigenvalue weighted by molar-refractivity contribution is 5.68. The molecule has 0 saturated carbocycles. The Bertz CT molecular complexity index is 357. The topological polar surface area (TPSA) is 64.8 Å². The molecule has 0 spiro atoms. The molecule has 5 nitrogen and oxygen atoms in total. The van der Waals surface area contributed by atoms with Crippen molar-refractivity contribution in [3.05, 3.63) is 0 Å². The smallest absolute Gasteiger partial charge is 0.410 e. The first kappa shape index (κ1) is 16.8. The van der Waals surface area contributed by atoms with Crippen molar-refractivity contribution in [3.63, 3.8) is 0 Å². The highest BCUT2D eigenvalue weighted by Crippen LogP contribution is 2.18. The minimum Gasteiger partial charge on any atom is -0.444 e. The van der Waals surface area contributed by atoms with Gasteiger partial charge in [-0.05, 0) is 33.6 Å². The predicted molar refractivity (Wildman–Crippen MR) is 78.2 cm³/mol. The molecule has 0 aliphatic carbocycles. The largest absolute Gasteiger partial charge is 0.444 e. The van der Waals surface area contributed by atoms with E-state index < -0.39 is 5.60 Å². The van der Waals surface area contributed by atoms with Crippen molar-refractivity contribution >= 4 is 6.09 Å². The SMILES string of the molecule is C#CCCCC(N)C1COCCN1C(=O)OC(C)(C)C. The van der Waals surface area contributed by atoms with Crippen LogP contribution in [0, 0.1) is 12.3 Å². The average Bonchev–Trinajstić information content (AvgIpc) is 2.37. The molecule has 2 atom stereocenters. The van der Waals surface area contributed by atoms with E-state index in [4.69, 9.17) is 21.6 Å². The summed E-state index contributed by atoms with van der Waals surface area (Å²) in [5, 5.41) is 0. The Hall–Kier alpha value is -1.25. The summed E-state index contributed by atoms with van der Waals surface area (Å²) in [4.78, 5) is 13.9. The zero-order valence-corrected chi connectivity index (χ0v) is 12.7. The van der Waals surface area contributed by atoms with Gasteiger partial charge in [-0.25, -0.2) is 4.79 Å². The van der Waals surface area contributed by atoms with E-state index >= 15 is 0 Å². The number of hydrogen-bond acceptors (Lipinski definition) is 4. The van der Waals surface area contributed by atoms with Crippen LogP contribution in [0.4, 0.5) is 4.79 Å². The third-order valence-electron chi connectivity index (χ3n) is 3.15. The maximum atomic E-state index is 12.2. The second kappa shape index (κ2) is 7.51. The van der Waals surface area contributed by atoms with Crippen molar-refractivity contribution in [3.8, 4) is 12.3 Å². The molecular formula is C15H26N2O3. The quantitative estimate of drug-likeness (QED) is 0.630. The molecule has 0 aromatic rings. The van der Waals surface area contributed by atoms with Crippen LogP contribution in [-0.2, 0) is 9.47 Å². The van der Waals surface area contributed by atoms with Gasteiger partial charge in [0.25, 0.3) is 0 Å². The second-order valence-electron chi connectivity index (χ2n) is 6.08. The van der Waals surface area contributed by atoms with Crippen LogP contribution < -0.4 is 5.73 Å². The fourth-order valence-electron chi connectivity index (χ4n) is 2.16. The van der Waals surface area contributed by atoms with Crippen LogP contribution in [0.1, 0.15) is 40.0 Å². The van der Waals surface area contributed by atoms with Crippen molar-refractivity contribution in [1.82, 2.24) is 4.90 Å². The Morgan fingerprint density at radius 2 is 2.30 bits per heavy atom. The lowest BCUT2D eigenvalue weighted by Gasteiger charge is -2.39. The standard InChI is InChI=1S/C15H26N2O3/c1-5-6-7-8-12(16)13-11-19-10-9-17(13)14(18)20-15(2,3)4/h1,12-13H,6-11,16H2,2-4H3. The van der Waals surface area contributed by atoms with Gasteiger partial charge >= 0.3 is 6.09 Å². The molecule has 1 heterocycles. The molecule has 0 radical (unpaired) electrons. The molecule has 1 aliphatic rings. The lowest BCUT2D eigenvalue weighted by molar-refractivity contribution is -0.0385. The van der Waals surface area contributed by atoms with Gasteiger partial charge in [0.2, 0.25) is 0 Å². The van der Waals surface area contributed by atoms with Crippen LogP contribution in [0.5, 0.6) is 0 Å². The number of rotatable bonds is 4. The van der Waals surface area contributed by atoms with Gasteiger partial charge in [-0.2, -0.15) is 0 Å². The molecule has 1 amide bonds. The third kappa shape index (κ3) is 5.40. The van der Waals surface area contributed by atoms with Crippen molar-refractivity contribution in [2.75, 3.05) is 19.8 Å². The Labute approximate surface area is 121 Å². The lowest BCUT2D eigenvalue weighted by atomic mass is 10.0. The van der Waals surface area contributed by atoms with Gasteiger partial charge in [0, 0.05) is 19.0 Å². The van der Waals surface area contributed by atoms with Gasteiger partial charge < -0.3 is 15.2 Å². The van der Waals surface area contributed by atoms with Crippen molar-refractivity contribution in [2.24, 2.45) is 5.73 Å². The summed E-state index contributed by atoms with van der Waals surface area (Å²) >= 11 is 0. The summed E-state index contributed by atoms with van der Waals surface area (Å²) in [6, 6.07) is -0.285. The molecule has 0 aromatic heterocycles. The van der Waals surface area contributed by atoms with Crippen LogP contribution in [0.2, 0.25) is 0 Å². The van der Waals surface area contributed by atoms with Gasteiger partial charge in [0.1, 0.15) is 5.60 Å². The Balaban J connectivity index is 2.61. The molecule has 2 unspecified atom stereocenters. The highest BCUT2D eigenvalue weighted by atomic mass is 16.6. The number of ether oxygens (including phenoxy) is 2. The lowest BCUT2D eigenvalue weighted by Crippen LogP contribution is -2.57. The van der Waals surface area contributed by atoms with Crippen LogP contribution in [0.25, 0.3) is 0 Å². The molecule has 1 fully saturated rings. The first-order valence-electron chi connectivity index (χ1n) is 7.11. The van der Waals surface area contributed by atoms with Crippen LogP contribution >= 0.6 is 0 Å². The maximum Gasteiger partial charge on any atom is 0.410 e. The number of nitrogens with zero attached hydrogens (tertiary/aromatic N) is 1. The third-order valence-corrected chi connectivity index (χ3v) is 3.15. The molecular weight excluding hydrogens is 256 g/mol. The summed E-state index contributed by atoms with van der Waals surface area (Å²) in [5.41, 5.74) is 5.68. The van der Waals surface area contributed by atoms with Gasteiger partial charge in [0.05, 0.1) is 19.3 Å². The van der Waals surface area contributed by atoms with E-state index in [-0.39, 0.29) is 18.2 Å². The van der Waals surface area contributed by atoms with E-state index in [9.17, 15) is 4.79 Å². The van der Waals surface area contributed by atoms with E-state index in [2.05, 4.69) is 5.92 Å².